The van der Waals surface area contributed by atoms with Crippen molar-refractivity contribution in [3.8, 4) is 5.75 Å². The Kier molecular flexibility index (Phi) is 5.35. The second-order valence-corrected chi connectivity index (χ2v) is 6.91. The van der Waals surface area contributed by atoms with Gasteiger partial charge in [0, 0.05) is 0 Å². The van der Waals surface area contributed by atoms with Crippen molar-refractivity contribution in [2.24, 2.45) is 5.92 Å². The molecule has 19 heavy (non-hydrogen) atoms. The topological polar surface area (TPSA) is 80.7 Å². The van der Waals surface area contributed by atoms with Crippen LogP contribution in [0.4, 0.5) is 0 Å². The van der Waals surface area contributed by atoms with E-state index in [1.807, 2.05) is 13.8 Å². The first-order chi connectivity index (χ1) is 8.80. The number of hydrogen-bond donors (Lipinski definition) is 1. The summed E-state index contributed by atoms with van der Waals surface area (Å²) in [5, 5.41) is 8.72. The van der Waals surface area contributed by atoms with Gasteiger partial charge < -0.3 is 9.84 Å². The molecule has 0 saturated carbocycles. The van der Waals surface area contributed by atoms with Crippen LogP contribution in [-0.2, 0) is 9.84 Å². The highest BCUT2D eigenvalue weighted by Gasteiger charge is 2.13. The van der Waals surface area contributed by atoms with Gasteiger partial charge in [-0.1, -0.05) is 13.8 Å². The zero-order chi connectivity index (χ0) is 14.5. The van der Waals surface area contributed by atoms with E-state index in [1.54, 1.807) is 0 Å². The molecule has 1 N–H and O–H groups in total. The summed E-state index contributed by atoms with van der Waals surface area (Å²) in [6.07, 6.45) is 0. The van der Waals surface area contributed by atoms with Gasteiger partial charge >= 0.3 is 5.97 Å². The van der Waals surface area contributed by atoms with Crippen molar-refractivity contribution in [2.75, 3.05) is 18.1 Å². The molecule has 0 atom stereocenters. The van der Waals surface area contributed by atoms with E-state index in [9.17, 15) is 13.2 Å². The number of sulfone groups is 1. The fraction of sp³-hybridized carbons (Fsp3) is 0.462. The Morgan fingerprint density at radius 1 is 1.26 bits per heavy atom. The molecular formula is C13H18O5S. The van der Waals surface area contributed by atoms with E-state index in [0.717, 1.165) is 0 Å². The van der Waals surface area contributed by atoms with Crippen LogP contribution in [0.3, 0.4) is 0 Å². The molecule has 106 valence electrons. The lowest BCUT2D eigenvalue weighted by Gasteiger charge is -2.08. The molecule has 1 aromatic carbocycles. The second kappa shape index (κ2) is 6.56. The van der Waals surface area contributed by atoms with Crippen LogP contribution in [0.2, 0.25) is 0 Å². The third-order valence-electron chi connectivity index (χ3n) is 2.35. The molecule has 0 aliphatic heterocycles. The Bertz CT molecular complexity index is 516. The van der Waals surface area contributed by atoms with Gasteiger partial charge in [-0.15, -0.1) is 0 Å². The van der Waals surface area contributed by atoms with Crippen LogP contribution >= 0.6 is 0 Å². The molecule has 0 unspecified atom stereocenters. The van der Waals surface area contributed by atoms with Crippen molar-refractivity contribution >= 4 is 15.8 Å². The van der Waals surface area contributed by atoms with Crippen LogP contribution < -0.4 is 4.74 Å². The lowest BCUT2D eigenvalue weighted by Crippen LogP contribution is -2.19. The fourth-order valence-corrected chi connectivity index (χ4v) is 3.09. The third kappa shape index (κ3) is 5.74. The molecule has 0 bridgehead atoms. The number of carbonyl (C=O) groups is 1. The highest BCUT2D eigenvalue weighted by molar-refractivity contribution is 7.91. The molecule has 0 fully saturated rings. The van der Waals surface area contributed by atoms with Crippen LogP contribution in [0.25, 0.3) is 0 Å². The van der Waals surface area contributed by atoms with Gasteiger partial charge in [0.05, 0.1) is 17.1 Å². The van der Waals surface area contributed by atoms with Crippen LogP contribution in [-0.4, -0.2) is 37.6 Å². The molecule has 1 rings (SSSR count). The van der Waals surface area contributed by atoms with E-state index in [1.165, 1.54) is 24.3 Å². The SMILES string of the molecule is CC(C)CS(=O)(=O)CCOc1ccc(C(=O)O)cc1. The molecule has 6 heteroatoms. The normalized spacial score (nSPS) is 11.5. The quantitative estimate of drug-likeness (QED) is 0.827. The summed E-state index contributed by atoms with van der Waals surface area (Å²) in [5.74, 6) is -0.337. The van der Waals surface area contributed by atoms with Crippen molar-refractivity contribution in [1.82, 2.24) is 0 Å². The van der Waals surface area contributed by atoms with Crippen LogP contribution in [0.1, 0.15) is 24.2 Å². The van der Waals surface area contributed by atoms with E-state index in [4.69, 9.17) is 9.84 Å². The molecular weight excluding hydrogens is 268 g/mol. The van der Waals surface area contributed by atoms with Gasteiger partial charge in [0.15, 0.2) is 9.84 Å². The van der Waals surface area contributed by atoms with E-state index in [0.29, 0.717) is 5.75 Å². The summed E-state index contributed by atoms with van der Waals surface area (Å²) in [6, 6.07) is 5.86. The molecule has 0 spiro atoms. The number of benzene rings is 1. The zero-order valence-electron chi connectivity index (χ0n) is 11.0. The van der Waals surface area contributed by atoms with Crippen molar-refractivity contribution in [3.63, 3.8) is 0 Å². The number of rotatable bonds is 7. The van der Waals surface area contributed by atoms with Crippen LogP contribution in [0, 0.1) is 5.92 Å². The predicted octanol–water partition coefficient (Wildman–Crippen LogP) is 1.83. The lowest BCUT2D eigenvalue weighted by atomic mass is 10.2. The Morgan fingerprint density at radius 2 is 1.84 bits per heavy atom. The zero-order valence-corrected chi connectivity index (χ0v) is 11.8. The standard InChI is InChI=1S/C13H18O5S/c1-10(2)9-19(16,17)8-7-18-12-5-3-11(4-6-12)13(14)15/h3-6,10H,7-9H2,1-2H3,(H,14,15). The Hall–Kier alpha value is -1.56. The molecule has 0 aromatic heterocycles. The summed E-state index contributed by atoms with van der Waals surface area (Å²) >= 11 is 0. The van der Waals surface area contributed by atoms with E-state index in [2.05, 4.69) is 0 Å². The number of carboxylic acids is 1. The van der Waals surface area contributed by atoms with Crippen LogP contribution in [0.5, 0.6) is 5.75 Å². The fourth-order valence-electron chi connectivity index (χ4n) is 1.57. The van der Waals surface area contributed by atoms with Gasteiger partial charge in [0.1, 0.15) is 12.4 Å². The Balaban J connectivity index is 2.47. The first-order valence-corrected chi connectivity index (χ1v) is 7.79. The molecule has 0 amide bonds. The average molecular weight is 286 g/mol. The third-order valence-corrected chi connectivity index (χ3v) is 4.31. The smallest absolute Gasteiger partial charge is 0.335 e. The van der Waals surface area contributed by atoms with E-state index >= 15 is 0 Å². The second-order valence-electron chi connectivity index (χ2n) is 4.69. The number of hydrogen-bond acceptors (Lipinski definition) is 4. The summed E-state index contributed by atoms with van der Waals surface area (Å²) in [5.41, 5.74) is 0.166. The lowest BCUT2D eigenvalue weighted by molar-refractivity contribution is 0.0697. The van der Waals surface area contributed by atoms with Crippen molar-refractivity contribution in [1.29, 1.82) is 0 Å². The first kappa shape index (κ1) is 15.5. The monoisotopic (exact) mass is 286 g/mol. The number of aromatic carboxylic acids is 1. The maximum Gasteiger partial charge on any atom is 0.335 e. The van der Waals surface area contributed by atoms with E-state index < -0.39 is 15.8 Å². The molecule has 1 aromatic rings. The summed E-state index contributed by atoms with van der Waals surface area (Å²) < 4.78 is 28.5. The highest BCUT2D eigenvalue weighted by atomic mass is 32.2. The van der Waals surface area contributed by atoms with Crippen molar-refractivity contribution in [3.05, 3.63) is 29.8 Å². The summed E-state index contributed by atoms with van der Waals surface area (Å²) in [6.45, 7) is 3.77. The molecule has 5 nitrogen and oxygen atoms in total. The van der Waals surface area contributed by atoms with Gasteiger partial charge in [-0.2, -0.15) is 0 Å². The minimum atomic E-state index is -3.09. The maximum absolute atomic E-state index is 11.6. The molecule has 0 radical (unpaired) electrons. The molecule has 0 heterocycles. The largest absolute Gasteiger partial charge is 0.493 e. The molecule has 0 aliphatic rings. The summed E-state index contributed by atoms with van der Waals surface area (Å²) in [4.78, 5) is 10.6. The number of ether oxygens (including phenoxy) is 1. The minimum absolute atomic E-state index is 0.0359. The molecule has 0 saturated heterocycles. The number of carboxylic acid groups (broad SMARTS) is 1. The van der Waals surface area contributed by atoms with Crippen LogP contribution in [0.15, 0.2) is 24.3 Å². The van der Waals surface area contributed by atoms with Crippen molar-refractivity contribution in [2.45, 2.75) is 13.8 Å². The van der Waals surface area contributed by atoms with Gasteiger partial charge in [-0.3, -0.25) is 0 Å². The van der Waals surface area contributed by atoms with Gasteiger partial charge in [-0.25, -0.2) is 13.2 Å². The Labute approximate surface area is 113 Å². The van der Waals surface area contributed by atoms with Gasteiger partial charge in [0.25, 0.3) is 0 Å². The van der Waals surface area contributed by atoms with Gasteiger partial charge in [0.2, 0.25) is 0 Å². The predicted molar refractivity (Wildman–Crippen MR) is 72.4 cm³/mol. The Morgan fingerprint density at radius 3 is 2.32 bits per heavy atom. The minimum Gasteiger partial charge on any atom is -0.493 e. The van der Waals surface area contributed by atoms with Gasteiger partial charge in [-0.05, 0) is 30.2 Å². The first-order valence-electron chi connectivity index (χ1n) is 5.97. The maximum atomic E-state index is 11.6. The highest BCUT2D eigenvalue weighted by Crippen LogP contribution is 2.12. The van der Waals surface area contributed by atoms with Crippen molar-refractivity contribution < 1.29 is 23.1 Å². The molecule has 0 aliphatic carbocycles. The average Bonchev–Trinajstić information content (AvgIpc) is 2.27. The van der Waals surface area contributed by atoms with E-state index in [-0.39, 0.29) is 29.6 Å². The summed E-state index contributed by atoms with van der Waals surface area (Å²) in [7, 11) is -3.09.